The predicted molar refractivity (Wildman–Crippen MR) is 38.0 cm³/mol. The highest BCUT2D eigenvalue weighted by Crippen LogP contribution is 1.91. The number of hydrogen-bond acceptors (Lipinski definition) is 3. The summed E-state index contributed by atoms with van der Waals surface area (Å²) in [7, 11) is -3.86. The fourth-order valence-electron chi connectivity index (χ4n) is 0.533. The highest BCUT2D eigenvalue weighted by molar-refractivity contribution is 7.86. The molecule has 0 aliphatic rings. The molecule has 0 aliphatic carbocycles. The largest absolute Gasteiger partial charge is 0.480 e. The SMILES string of the molecule is CCN(CC(=O)O)S(N)(=O)=O. The molecule has 0 bridgehead atoms. The minimum absolute atomic E-state index is 0.0606. The first-order valence-electron chi connectivity index (χ1n) is 2.87. The number of rotatable bonds is 4. The van der Waals surface area contributed by atoms with Gasteiger partial charge in [-0.05, 0) is 0 Å². The van der Waals surface area contributed by atoms with Crippen LogP contribution in [0.1, 0.15) is 6.92 Å². The number of aliphatic carboxylic acids is 1. The minimum Gasteiger partial charge on any atom is -0.480 e. The zero-order valence-corrected chi connectivity index (χ0v) is 6.84. The van der Waals surface area contributed by atoms with Crippen LogP contribution < -0.4 is 5.14 Å². The van der Waals surface area contributed by atoms with E-state index in [-0.39, 0.29) is 6.54 Å². The van der Waals surface area contributed by atoms with E-state index < -0.39 is 22.7 Å². The number of carbonyl (C=O) groups is 1. The molecule has 3 N–H and O–H groups in total. The summed E-state index contributed by atoms with van der Waals surface area (Å²) in [5.41, 5.74) is 0. The molecule has 66 valence electrons. The summed E-state index contributed by atoms with van der Waals surface area (Å²) in [6.07, 6.45) is 0. The summed E-state index contributed by atoms with van der Waals surface area (Å²) in [5, 5.41) is 12.9. The van der Waals surface area contributed by atoms with Crippen LogP contribution in [0.3, 0.4) is 0 Å². The van der Waals surface area contributed by atoms with Crippen molar-refractivity contribution >= 4 is 16.2 Å². The van der Waals surface area contributed by atoms with Gasteiger partial charge < -0.3 is 5.11 Å². The van der Waals surface area contributed by atoms with Crippen molar-refractivity contribution in [1.29, 1.82) is 0 Å². The van der Waals surface area contributed by atoms with Gasteiger partial charge in [-0.2, -0.15) is 12.7 Å². The first-order chi connectivity index (χ1) is 4.88. The number of carboxylic acids is 1. The first-order valence-corrected chi connectivity index (χ1v) is 4.38. The molecule has 0 aromatic carbocycles. The van der Waals surface area contributed by atoms with E-state index in [2.05, 4.69) is 5.14 Å². The molecule has 0 fully saturated rings. The molecule has 0 aromatic heterocycles. The van der Waals surface area contributed by atoms with Crippen molar-refractivity contribution in [3.8, 4) is 0 Å². The van der Waals surface area contributed by atoms with Crippen LogP contribution in [-0.2, 0) is 15.0 Å². The number of nitrogens with two attached hydrogens (primary N) is 1. The van der Waals surface area contributed by atoms with Gasteiger partial charge in [-0.15, -0.1) is 0 Å². The Morgan fingerprint density at radius 3 is 2.18 bits per heavy atom. The van der Waals surface area contributed by atoms with E-state index in [9.17, 15) is 13.2 Å². The van der Waals surface area contributed by atoms with E-state index in [0.717, 1.165) is 0 Å². The zero-order valence-electron chi connectivity index (χ0n) is 6.02. The van der Waals surface area contributed by atoms with Crippen molar-refractivity contribution in [3.63, 3.8) is 0 Å². The Morgan fingerprint density at radius 2 is 2.09 bits per heavy atom. The van der Waals surface area contributed by atoms with Gasteiger partial charge in [0.15, 0.2) is 0 Å². The van der Waals surface area contributed by atoms with Crippen LogP contribution in [0.4, 0.5) is 0 Å². The number of carboxylic acid groups (broad SMARTS) is 1. The molecule has 0 saturated carbocycles. The molecule has 0 aromatic rings. The molecular formula is C4H10N2O4S. The molecule has 0 atom stereocenters. The van der Waals surface area contributed by atoms with E-state index in [1.165, 1.54) is 6.92 Å². The number of likely N-dealkylation sites (N-methyl/N-ethyl adjacent to an activating group) is 1. The molecule has 0 aliphatic heterocycles. The highest BCUT2D eigenvalue weighted by Gasteiger charge is 2.17. The molecular weight excluding hydrogens is 172 g/mol. The number of nitrogens with zero attached hydrogens (tertiary/aromatic N) is 1. The van der Waals surface area contributed by atoms with Crippen molar-refractivity contribution in [1.82, 2.24) is 4.31 Å². The second-order valence-corrected chi connectivity index (χ2v) is 3.41. The second kappa shape index (κ2) is 3.65. The Kier molecular flexibility index (Phi) is 3.43. The van der Waals surface area contributed by atoms with Crippen molar-refractivity contribution in [2.45, 2.75) is 6.92 Å². The van der Waals surface area contributed by atoms with Crippen LogP contribution in [-0.4, -0.2) is 36.9 Å². The minimum atomic E-state index is -3.86. The topological polar surface area (TPSA) is 101 Å². The van der Waals surface area contributed by atoms with Crippen LogP contribution in [0.15, 0.2) is 0 Å². The van der Waals surface area contributed by atoms with Gasteiger partial charge in [-0.25, -0.2) is 5.14 Å². The van der Waals surface area contributed by atoms with E-state index in [1.807, 2.05) is 0 Å². The highest BCUT2D eigenvalue weighted by atomic mass is 32.2. The second-order valence-electron chi connectivity index (χ2n) is 1.86. The van der Waals surface area contributed by atoms with Gasteiger partial charge in [0.2, 0.25) is 0 Å². The normalized spacial score (nSPS) is 11.9. The molecule has 7 heteroatoms. The predicted octanol–water partition coefficient (Wildman–Crippen LogP) is -1.40. The summed E-state index contributed by atoms with van der Waals surface area (Å²) in [5.74, 6) is -1.22. The Hall–Kier alpha value is -0.660. The summed E-state index contributed by atoms with van der Waals surface area (Å²) < 4.78 is 21.7. The summed E-state index contributed by atoms with van der Waals surface area (Å²) in [6.45, 7) is 0.980. The Bertz CT molecular complexity index is 234. The van der Waals surface area contributed by atoms with Gasteiger partial charge in [-0.3, -0.25) is 4.79 Å². The first kappa shape index (κ1) is 10.3. The maximum atomic E-state index is 10.5. The zero-order chi connectivity index (χ0) is 9.07. The molecule has 0 spiro atoms. The fourth-order valence-corrected chi connectivity index (χ4v) is 1.18. The maximum absolute atomic E-state index is 10.5. The van der Waals surface area contributed by atoms with E-state index in [4.69, 9.17) is 5.11 Å². The summed E-state index contributed by atoms with van der Waals surface area (Å²) >= 11 is 0. The van der Waals surface area contributed by atoms with E-state index in [1.54, 1.807) is 0 Å². The Labute approximate surface area is 64.8 Å². The summed E-state index contributed by atoms with van der Waals surface area (Å²) in [4.78, 5) is 10.1. The third kappa shape index (κ3) is 3.91. The quantitative estimate of drug-likeness (QED) is 0.558. The molecule has 0 saturated heterocycles. The van der Waals surface area contributed by atoms with Gasteiger partial charge in [0.1, 0.15) is 6.54 Å². The Morgan fingerprint density at radius 1 is 1.64 bits per heavy atom. The lowest BCUT2D eigenvalue weighted by atomic mass is 10.6. The van der Waals surface area contributed by atoms with Gasteiger partial charge in [0.05, 0.1) is 0 Å². The third-order valence-corrected chi connectivity index (χ3v) is 2.13. The van der Waals surface area contributed by atoms with Gasteiger partial charge >= 0.3 is 5.97 Å². The van der Waals surface area contributed by atoms with Gasteiger partial charge in [0, 0.05) is 6.54 Å². The van der Waals surface area contributed by atoms with E-state index >= 15 is 0 Å². The standard InChI is InChI=1S/C4H10N2O4S/c1-2-6(3-4(7)8)11(5,9)10/h2-3H2,1H3,(H,7,8)(H2,5,9,10). The smallest absolute Gasteiger partial charge is 0.318 e. The molecule has 11 heavy (non-hydrogen) atoms. The number of hydrogen-bond donors (Lipinski definition) is 2. The van der Waals surface area contributed by atoms with Crippen LogP contribution in [0.25, 0.3) is 0 Å². The Balaban J connectivity index is 4.31. The van der Waals surface area contributed by atoms with Crippen molar-refractivity contribution in [2.24, 2.45) is 5.14 Å². The summed E-state index contributed by atoms with van der Waals surface area (Å²) in [6, 6.07) is 0. The lowest BCUT2D eigenvalue weighted by molar-refractivity contribution is -0.137. The molecule has 0 unspecified atom stereocenters. The molecule has 0 heterocycles. The molecule has 6 nitrogen and oxygen atoms in total. The van der Waals surface area contributed by atoms with Gasteiger partial charge in [-0.1, -0.05) is 6.92 Å². The molecule has 0 amide bonds. The third-order valence-electron chi connectivity index (χ3n) is 1.02. The lowest BCUT2D eigenvalue weighted by Crippen LogP contribution is -2.39. The maximum Gasteiger partial charge on any atom is 0.318 e. The van der Waals surface area contributed by atoms with Crippen LogP contribution in [0.2, 0.25) is 0 Å². The fraction of sp³-hybridized carbons (Fsp3) is 0.750. The van der Waals surface area contributed by atoms with Crippen molar-refractivity contribution < 1.29 is 18.3 Å². The monoisotopic (exact) mass is 182 g/mol. The van der Waals surface area contributed by atoms with Gasteiger partial charge in [0.25, 0.3) is 10.2 Å². The lowest BCUT2D eigenvalue weighted by Gasteiger charge is -2.13. The van der Waals surface area contributed by atoms with Crippen LogP contribution >= 0.6 is 0 Å². The van der Waals surface area contributed by atoms with E-state index in [0.29, 0.717) is 4.31 Å². The average Bonchev–Trinajstić information content (AvgIpc) is 1.79. The molecule has 0 radical (unpaired) electrons. The van der Waals surface area contributed by atoms with Crippen LogP contribution in [0.5, 0.6) is 0 Å². The van der Waals surface area contributed by atoms with Crippen LogP contribution in [0, 0.1) is 0 Å². The average molecular weight is 182 g/mol. The van der Waals surface area contributed by atoms with Crippen molar-refractivity contribution in [2.75, 3.05) is 13.1 Å². The van der Waals surface area contributed by atoms with Crippen molar-refractivity contribution in [3.05, 3.63) is 0 Å². The molecule has 0 rings (SSSR count).